The number of esters is 1. The molecule has 1 aliphatic rings. The van der Waals surface area contributed by atoms with Crippen LogP contribution in [0.25, 0.3) is 0 Å². The van der Waals surface area contributed by atoms with E-state index in [9.17, 15) is 25.2 Å². The van der Waals surface area contributed by atoms with E-state index in [0.29, 0.717) is 5.56 Å². The molecule has 7 heteroatoms. The number of unbranched alkanes of at least 4 members (excludes halogenated alkanes) is 1. The number of hydrogen-bond donors (Lipinski definition) is 4. The number of ether oxygens (including phenoxy) is 2. The van der Waals surface area contributed by atoms with Gasteiger partial charge in [0.05, 0.1) is 5.56 Å². The second-order valence-electron chi connectivity index (χ2n) is 5.94. The number of aliphatic hydroxyl groups excluding tert-OH is 4. The molecule has 1 aliphatic heterocycles. The average molecular weight is 340 g/mol. The van der Waals surface area contributed by atoms with E-state index in [1.54, 1.807) is 12.1 Å². The van der Waals surface area contributed by atoms with Crippen molar-refractivity contribution in [2.75, 3.05) is 6.61 Å². The van der Waals surface area contributed by atoms with Gasteiger partial charge in [0.2, 0.25) is 0 Å². The Morgan fingerprint density at radius 1 is 1.08 bits per heavy atom. The molecule has 0 aromatic heterocycles. The molecule has 1 aromatic carbocycles. The summed E-state index contributed by atoms with van der Waals surface area (Å²) in [6.45, 7) is 1.76. The molecule has 134 valence electrons. The lowest BCUT2D eigenvalue weighted by molar-refractivity contribution is -0.286. The maximum Gasteiger partial charge on any atom is 0.338 e. The third-order valence-corrected chi connectivity index (χ3v) is 4.07. The van der Waals surface area contributed by atoms with Crippen LogP contribution in [0.15, 0.2) is 24.3 Å². The van der Waals surface area contributed by atoms with E-state index in [-0.39, 0.29) is 6.61 Å². The van der Waals surface area contributed by atoms with Gasteiger partial charge in [0.1, 0.15) is 31.0 Å². The molecule has 0 bridgehead atoms. The minimum atomic E-state index is -1.65. The SMILES string of the molecule is CCCCc1ccc(C(=O)OCC2O[C@H](O)C(O)[C@@H](O)[C@@H]2O)cc1. The summed E-state index contributed by atoms with van der Waals surface area (Å²) in [4.78, 5) is 12.0. The Morgan fingerprint density at radius 3 is 2.38 bits per heavy atom. The summed E-state index contributed by atoms with van der Waals surface area (Å²) < 4.78 is 10.0. The number of carbonyl (C=O) groups is 1. The van der Waals surface area contributed by atoms with Gasteiger partial charge in [0, 0.05) is 0 Å². The monoisotopic (exact) mass is 340 g/mol. The number of aliphatic hydroxyl groups is 4. The third-order valence-electron chi connectivity index (χ3n) is 4.07. The van der Waals surface area contributed by atoms with Gasteiger partial charge < -0.3 is 29.9 Å². The van der Waals surface area contributed by atoms with Crippen molar-refractivity contribution in [2.45, 2.75) is 56.9 Å². The molecule has 0 saturated carbocycles. The topological polar surface area (TPSA) is 116 Å². The molecule has 4 N–H and O–H groups in total. The molecular formula is C17H24O7. The maximum absolute atomic E-state index is 12.0. The van der Waals surface area contributed by atoms with Crippen LogP contribution < -0.4 is 0 Å². The van der Waals surface area contributed by atoms with Gasteiger partial charge in [-0.05, 0) is 30.5 Å². The molecule has 0 radical (unpaired) electrons. The van der Waals surface area contributed by atoms with Crippen molar-refractivity contribution in [1.29, 1.82) is 0 Å². The van der Waals surface area contributed by atoms with E-state index in [1.165, 1.54) is 0 Å². The van der Waals surface area contributed by atoms with Crippen molar-refractivity contribution in [3.63, 3.8) is 0 Å². The largest absolute Gasteiger partial charge is 0.459 e. The lowest BCUT2D eigenvalue weighted by atomic mass is 9.99. The quantitative estimate of drug-likeness (QED) is 0.538. The molecule has 1 aromatic rings. The Kier molecular flexibility index (Phi) is 6.70. The highest BCUT2D eigenvalue weighted by Gasteiger charge is 2.43. The second kappa shape index (κ2) is 8.55. The molecule has 7 nitrogen and oxygen atoms in total. The first-order chi connectivity index (χ1) is 11.4. The first-order valence-corrected chi connectivity index (χ1v) is 8.07. The first kappa shape index (κ1) is 18.8. The molecule has 5 atom stereocenters. The fourth-order valence-corrected chi connectivity index (χ4v) is 2.50. The van der Waals surface area contributed by atoms with Crippen molar-refractivity contribution in [1.82, 2.24) is 0 Å². The number of aryl methyl sites for hydroxylation is 1. The zero-order valence-corrected chi connectivity index (χ0v) is 13.5. The van der Waals surface area contributed by atoms with Crippen LogP contribution in [0.3, 0.4) is 0 Å². The highest BCUT2D eigenvalue weighted by molar-refractivity contribution is 5.89. The Morgan fingerprint density at radius 2 is 1.75 bits per heavy atom. The van der Waals surface area contributed by atoms with Gasteiger partial charge in [0.25, 0.3) is 0 Å². The predicted molar refractivity (Wildman–Crippen MR) is 84.2 cm³/mol. The molecule has 1 heterocycles. The van der Waals surface area contributed by atoms with Gasteiger partial charge in [-0.15, -0.1) is 0 Å². The maximum atomic E-state index is 12.0. The Balaban J connectivity index is 1.88. The fourth-order valence-electron chi connectivity index (χ4n) is 2.50. The summed E-state index contributed by atoms with van der Waals surface area (Å²) in [5.41, 5.74) is 1.50. The van der Waals surface area contributed by atoms with Crippen molar-refractivity contribution < 1.29 is 34.7 Å². The molecule has 0 spiro atoms. The van der Waals surface area contributed by atoms with Crippen LogP contribution in [0.4, 0.5) is 0 Å². The Labute approximate surface area is 140 Å². The van der Waals surface area contributed by atoms with Gasteiger partial charge in [0.15, 0.2) is 6.29 Å². The third kappa shape index (κ3) is 4.52. The van der Waals surface area contributed by atoms with E-state index in [1.807, 2.05) is 12.1 Å². The van der Waals surface area contributed by atoms with Crippen LogP contribution in [0.5, 0.6) is 0 Å². The normalized spacial score (nSPS) is 30.1. The van der Waals surface area contributed by atoms with Crippen LogP contribution in [0, 0.1) is 0 Å². The molecule has 0 aliphatic carbocycles. The van der Waals surface area contributed by atoms with Crippen LogP contribution in [-0.4, -0.2) is 63.7 Å². The van der Waals surface area contributed by atoms with Crippen molar-refractivity contribution in [2.24, 2.45) is 0 Å². The first-order valence-electron chi connectivity index (χ1n) is 8.07. The number of hydrogen-bond acceptors (Lipinski definition) is 7. The van der Waals surface area contributed by atoms with Crippen LogP contribution in [0.2, 0.25) is 0 Å². The fraction of sp³-hybridized carbons (Fsp3) is 0.588. The number of carbonyl (C=O) groups excluding carboxylic acids is 1. The van der Waals surface area contributed by atoms with Crippen molar-refractivity contribution in [3.05, 3.63) is 35.4 Å². The smallest absolute Gasteiger partial charge is 0.338 e. The van der Waals surface area contributed by atoms with E-state index in [4.69, 9.17) is 9.47 Å². The summed E-state index contributed by atoms with van der Waals surface area (Å²) in [7, 11) is 0. The van der Waals surface area contributed by atoms with Gasteiger partial charge in [-0.1, -0.05) is 25.5 Å². The van der Waals surface area contributed by atoms with Crippen molar-refractivity contribution in [3.8, 4) is 0 Å². The molecule has 24 heavy (non-hydrogen) atoms. The highest BCUT2D eigenvalue weighted by Crippen LogP contribution is 2.20. The molecule has 1 fully saturated rings. The lowest BCUT2D eigenvalue weighted by Crippen LogP contribution is -2.58. The zero-order valence-electron chi connectivity index (χ0n) is 13.5. The highest BCUT2D eigenvalue weighted by atomic mass is 16.6. The number of rotatable bonds is 6. The van der Waals surface area contributed by atoms with Crippen molar-refractivity contribution >= 4 is 5.97 Å². The summed E-state index contributed by atoms with van der Waals surface area (Å²) in [6.07, 6.45) is -4.29. The van der Waals surface area contributed by atoms with Gasteiger partial charge in [-0.3, -0.25) is 0 Å². The Hall–Kier alpha value is -1.51. The Bertz CT molecular complexity index is 530. The van der Waals surface area contributed by atoms with E-state index in [2.05, 4.69) is 6.92 Å². The summed E-state index contributed by atoms with van der Waals surface area (Å²) in [5.74, 6) is -0.594. The molecular weight excluding hydrogens is 316 g/mol. The predicted octanol–water partition coefficient (Wildman–Crippen LogP) is -0.0141. The molecule has 2 rings (SSSR count). The van der Waals surface area contributed by atoms with Crippen LogP contribution >= 0.6 is 0 Å². The molecule has 1 saturated heterocycles. The minimum absolute atomic E-state index is 0.349. The van der Waals surface area contributed by atoms with E-state index >= 15 is 0 Å². The van der Waals surface area contributed by atoms with Gasteiger partial charge in [-0.2, -0.15) is 0 Å². The number of benzene rings is 1. The molecule has 0 amide bonds. The summed E-state index contributed by atoms with van der Waals surface area (Å²) in [6, 6.07) is 7.06. The van der Waals surface area contributed by atoms with Gasteiger partial charge in [-0.25, -0.2) is 4.79 Å². The van der Waals surface area contributed by atoms with Crippen LogP contribution in [0.1, 0.15) is 35.7 Å². The lowest BCUT2D eigenvalue weighted by Gasteiger charge is -2.37. The average Bonchev–Trinajstić information content (AvgIpc) is 2.60. The molecule has 2 unspecified atom stereocenters. The standard InChI is InChI=1S/C17H24O7/c1-2-3-4-10-5-7-11(8-6-10)16(21)23-9-12-13(18)14(19)15(20)17(22)24-12/h5-8,12-15,17-20,22H,2-4,9H2,1H3/t12?,13-,14+,15?,17+/m1/s1. The van der Waals surface area contributed by atoms with E-state index in [0.717, 1.165) is 24.8 Å². The second-order valence-corrected chi connectivity index (χ2v) is 5.94. The van der Waals surface area contributed by atoms with Gasteiger partial charge >= 0.3 is 5.97 Å². The summed E-state index contributed by atoms with van der Waals surface area (Å²) in [5, 5.41) is 38.2. The minimum Gasteiger partial charge on any atom is -0.459 e. The van der Waals surface area contributed by atoms with Crippen LogP contribution in [-0.2, 0) is 15.9 Å². The zero-order chi connectivity index (χ0) is 17.7. The summed E-state index contributed by atoms with van der Waals surface area (Å²) >= 11 is 0. The van der Waals surface area contributed by atoms with E-state index < -0.39 is 36.7 Å².